The smallest absolute Gasteiger partial charge is 0.235 e. The second kappa shape index (κ2) is 7.04. The zero-order valence-corrected chi connectivity index (χ0v) is 12.0. The molecule has 0 aromatic carbocycles. The van der Waals surface area contributed by atoms with Gasteiger partial charge in [-0.25, -0.2) is 0 Å². The van der Waals surface area contributed by atoms with Crippen molar-refractivity contribution >= 4 is 23.1 Å². The first-order chi connectivity index (χ1) is 8.58. The van der Waals surface area contributed by atoms with E-state index in [0.717, 1.165) is 38.5 Å². The maximum atomic E-state index is 12.7. The molecule has 1 amide bonds. The molecule has 3 N–H and O–H groups in total. The van der Waals surface area contributed by atoms with Gasteiger partial charge in [-0.05, 0) is 19.3 Å². The number of carbonyl (C=O) groups excluding carboxylic acids is 1. The van der Waals surface area contributed by atoms with Crippen LogP contribution in [0.1, 0.15) is 45.4 Å². The minimum atomic E-state index is -0.655. The lowest BCUT2D eigenvalue weighted by Crippen LogP contribution is -2.52. The van der Waals surface area contributed by atoms with E-state index in [2.05, 4.69) is 0 Å². The minimum Gasteiger partial charge on any atom is -0.395 e. The Morgan fingerprint density at radius 3 is 2.39 bits per heavy atom. The van der Waals surface area contributed by atoms with Crippen molar-refractivity contribution in [2.24, 2.45) is 11.1 Å². The third kappa shape index (κ3) is 3.20. The van der Waals surface area contributed by atoms with Crippen LogP contribution in [-0.4, -0.2) is 40.6 Å². The van der Waals surface area contributed by atoms with Gasteiger partial charge in [0.05, 0.1) is 17.0 Å². The SMILES string of the molecule is CCCN(CCO)C(=O)C1(C(N)=S)CCCCC1. The van der Waals surface area contributed by atoms with Crippen molar-refractivity contribution in [3.63, 3.8) is 0 Å². The molecule has 1 aliphatic rings. The summed E-state index contributed by atoms with van der Waals surface area (Å²) in [4.78, 5) is 14.7. The molecule has 0 radical (unpaired) electrons. The Morgan fingerprint density at radius 2 is 1.94 bits per heavy atom. The fraction of sp³-hybridized carbons (Fsp3) is 0.846. The second-order valence-electron chi connectivity index (χ2n) is 5.02. The highest BCUT2D eigenvalue weighted by Gasteiger charge is 2.44. The molecule has 0 saturated heterocycles. The molecule has 0 aromatic rings. The summed E-state index contributed by atoms with van der Waals surface area (Å²) in [7, 11) is 0. The lowest BCUT2D eigenvalue weighted by molar-refractivity contribution is -0.140. The van der Waals surface area contributed by atoms with E-state index >= 15 is 0 Å². The van der Waals surface area contributed by atoms with Crippen LogP contribution >= 0.6 is 12.2 Å². The minimum absolute atomic E-state index is 0.0147. The number of nitrogens with zero attached hydrogens (tertiary/aromatic N) is 1. The van der Waals surface area contributed by atoms with Crippen LogP contribution in [0.25, 0.3) is 0 Å². The van der Waals surface area contributed by atoms with Gasteiger partial charge in [0.15, 0.2) is 0 Å². The third-order valence-electron chi connectivity index (χ3n) is 3.74. The van der Waals surface area contributed by atoms with Crippen molar-refractivity contribution in [1.82, 2.24) is 4.90 Å². The van der Waals surface area contributed by atoms with Crippen molar-refractivity contribution < 1.29 is 9.90 Å². The van der Waals surface area contributed by atoms with Gasteiger partial charge in [-0.15, -0.1) is 0 Å². The molecule has 1 saturated carbocycles. The van der Waals surface area contributed by atoms with E-state index in [4.69, 9.17) is 23.1 Å². The average Bonchev–Trinajstić information content (AvgIpc) is 2.38. The van der Waals surface area contributed by atoms with Gasteiger partial charge in [0.1, 0.15) is 0 Å². The number of nitrogens with two attached hydrogens (primary N) is 1. The fourth-order valence-corrected chi connectivity index (χ4v) is 3.02. The average molecular weight is 272 g/mol. The monoisotopic (exact) mass is 272 g/mol. The lowest BCUT2D eigenvalue weighted by Gasteiger charge is -2.39. The number of aliphatic hydroxyl groups is 1. The zero-order chi connectivity index (χ0) is 13.6. The maximum absolute atomic E-state index is 12.7. The maximum Gasteiger partial charge on any atom is 0.235 e. The summed E-state index contributed by atoms with van der Waals surface area (Å²) in [5.74, 6) is 0.0191. The van der Waals surface area contributed by atoms with Crippen LogP contribution in [0.4, 0.5) is 0 Å². The van der Waals surface area contributed by atoms with Crippen LogP contribution in [0.3, 0.4) is 0 Å². The summed E-state index contributed by atoms with van der Waals surface area (Å²) in [6.07, 6.45) is 5.54. The molecule has 104 valence electrons. The van der Waals surface area contributed by atoms with Crippen molar-refractivity contribution in [1.29, 1.82) is 0 Å². The first kappa shape index (κ1) is 15.4. The quantitative estimate of drug-likeness (QED) is 0.718. The van der Waals surface area contributed by atoms with Crippen LogP contribution in [0.2, 0.25) is 0 Å². The molecule has 0 aliphatic heterocycles. The molecule has 0 spiro atoms. The second-order valence-corrected chi connectivity index (χ2v) is 5.46. The van der Waals surface area contributed by atoms with Crippen LogP contribution in [-0.2, 0) is 4.79 Å². The summed E-state index contributed by atoms with van der Waals surface area (Å²) < 4.78 is 0. The first-order valence-electron chi connectivity index (χ1n) is 6.78. The van der Waals surface area contributed by atoms with E-state index in [-0.39, 0.29) is 12.5 Å². The van der Waals surface area contributed by atoms with Crippen molar-refractivity contribution in [3.8, 4) is 0 Å². The molecule has 0 bridgehead atoms. The van der Waals surface area contributed by atoms with Gasteiger partial charge >= 0.3 is 0 Å². The summed E-state index contributed by atoms with van der Waals surface area (Å²) >= 11 is 5.16. The fourth-order valence-electron chi connectivity index (χ4n) is 2.73. The van der Waals surface area contributed by atoms with E-state index in [1.807, 2.05) is 6.92 Å². The molecule has 4 nitrogen and oxygen atoms in total. The largest absolute Gasteiger partial charge is 0.395 e. The molecule has 0 heterocycles. The zero-order valence-electron chi connectivity index (χ0n) is 11.2. The van der Waals surface area contributed by atoms with E-state index in [1.54, 1.807) is 4.90 Å². The van der Waals surface area contributed by atoms with Crippen LogP contribution in [0, 0.1) is 5.41 Å². The van der Waals surface area contributed by atoms with E-state index in [9.17, 15) is 4.79 Å². The topological polar surface area (TPSA) is 66.6 Å². The van der Waals surface area contributed by atoms with Crippen molar-refractivity contribution in [3.05, 3.63) is 0 Å². The number of amides is 1. The number of hydrogen-bond donors (Lipinski definition) is 2. The predicted octanol–water partition coefficient (Wildman–Crippen LogP) is 1.45. The first-order valence-corrected chi connectivity index (χ1v) is 7.19. The van der Waals surface area contributed by atoms with Gasteiger partial charge in [-0.3, -0.25) is 4.79 Å². The Kier molecular flexibility index (Phi) is 6.02. The van der Waals surface area contributed by atoms with Gasteiger partial charge in [-0.1, -0.05) is 38.4 Å². The molecule has 18 heavy (non-hydrogen) atoms. The van der Waals surface area contributed by atoms with Gasteiger partial charge in [0.25, 0.3) is 0 Å². The van der Waals surface area contributed by atoms with Gasteiger partial charge < -0.3 is 15.7 Å². The molecule has 1 fully saturated rings. The highest BCUT2D eigenvalue weighted by atomic mass is 32.1. The number of rotatable bonds is 6. The number of hydrogen-bond acceptors (Lipinski definition) is 3. The standard InChI is InChI=1S/C13H24N2O2S/c1-2-8-15(9-10-16)12(17)13(11(14)18)6-4-3-5-7-13/h16H,2-10H2,1H3,(H2,14,18). The highest BCUT2D eigenvalue weighted by Crippen LogP contribution is 2.38. The van der Waals surface area contributed by atoms with E-state index in [1.165, 1.54) is 0 Å². The normalized spacial score (nSPS) is 18.3. The predicted molar refractivity (Wildman–Crippen MR) is 76.3 cm³/mol. The van der Waals surface area contributed by atoms with Crippen LogP contribution < -0.4 is 5.73 Å². The highest BCUT2D eigenvalue weighted by molar-refractivity contribution is 7.80. The van der Waals surface area contributed by atoms with Crippen molar-refractivity contribution in [2.45, 2.75) is 45.4 Å². The molecule has 1 rings (SSSR count). The van der Waals surface area contributed by atoms with E-state index in [0.29, 0.717) is 18.1 Å². The molecular weight excluding hydrogens is 248 g/mol. The summed E-state index contributed by atoms with van der Waals surface area (Å²) in [5.41, 5.74) is 5.20. The molecular formula is C13H24N2O2S. The Morgan fingerprint density at radius 1 is 1.33 bits per heavy atom. The van der Waals surface area contributed by atoms with Gasteiger partial charge in [0, 0.05) is 13.1 Å². The number of aliphatic hydroxyl groups excluding tert-OH is 1. The Bertz CT molecular complexity index is 295. The molecule has 0 atom stereocenters. The summed E-state index contributed by atoms with van der Waals surface area (Å²) in [6.45, 7) is 3.03. The summed E-state index contributed by atoms with van der Waals surface area (Å²) in [5, 5.41) is 9.08. The van der Waals surface area contributed by atoms with Crippen LogP contribution in [0.5, 0.6) is 0 Å². The molecule has 5 heteroatoms. The van der Waals surface area contributed by atoms with E-state index < -0.39 is 5.41 Å². The third-order valence-corrected chi connectivity index (χ3v) is 4.13. The Balaban J connectivity index is 2.89. The van der Waals surface area contributed by atoms with Gasteiger partial charge in [0.2, 0.25) is 5.91 Å². The van der Waals surface area contributed by atoms with Gasteiger partial charge in [-0.2, -0.15) is 0 Å². The number of carbonyl (C=O) groups is 1. The lowest BCUT2D eigenvalue weighted by atomic mass is 9.73. The molecule has 1 aliphatic carbocycles. The Labute approximate surface area is 115 Å². The summed E-state index contributed by atoms with van der Waals surface area (Å²) in [6, 6.07) is 0. The molecule has 0 aromatic heterocycles. The number of thiocarbonyl (C=S) groups is 1. The van der Waals surface area contributed by atoms with Crippen LogP contribution in [0.15, 0.2) is 0 Å². The molecule has 0 unspecified atom stereocenters. The Hall–Kier alpha value is -0.680. The van der Waals surface area contributed by atoms with Crippen molar-refractivity contribution in [2.75, 3.05) is 19.7 Å².